The van der Waals surface area contributed by atoms with Gasteiger partial charge in [0.25, 0.3) is 0 Å². The van der Waals surface area contributed by atoms with Gasteiger partial charge in [-0.05, 0) is 42.7 Å². The summed E-state index contributed by atoms with van der Waals surface area (Å²) in [5, 5.41) is 4.45. The SMILES string of the molecule is CSc1ccc(S(=O)(=O)N(C)CC(=O)N(C)Cc2nc(-c3cccc(Cl)c3)no2)cc1. The quantitative estimate of drug-likeness (QED) is 0.456. The largest absolute Gasteiger partial charge is 0.337 e. The molecule has 0 N–H and O–H groups in total. The lowest BCUT2D eigenvalue weighted by Gasteiger charge is -2.21. The van der Waals surface area contributed by atoms with Crippen molar-refractivity contribution in [2.45, 2.75) is 16.3 Å². The van der Waals surface area contributed by atoms with Gasteiger partial charge < -0.3 is 9.42 Å². The topological polar surface area (TPSA) is 96.6 Å². The van der Waals surface area contributed by atoms with Crippen LogP contribution in [0.25, 0.3) is 11.4 Å². The third-order valence-corrected chi connectivity index (χ3v) is 7.27. The summed E-state index contributed by atoms with van der Waals surface area (Å²) >= 11 is 7.50. The van der Waals surface area contributed by atoms with Crippen LogP contribution in [-0.4, -0.2) is 60.6 Å². The summed E-state index contributed by atoms with van der Waals surface area (Å²) in [5.74, 6) is 0.171. The number of likely N-dealkylation sites (N-methyl/N-ethyl adjacent to an activating group) is 2. The molecule has 31 heavy (non-hydrogen) atoms. The minimum Gasteiger partial charge on any atom is -0.337 e. The molecule has 0 atom stereocenters. The predicted molar refractivity (Wildman–Crippen MR) is 119 cm³/mol. The minimum absolute atomic E-state index is 0.0444. The van der Waals surface area contributed by atoms with E-state index in [1.807, 2.05) is 6.26 Å². The van der Waals surface area contributed by atoms with E-state index in [0.717, 1.165) is 9.20 Å². The number of aromatic nitrogens is 2. The molecule has 164 valence electrons. The van der Waals surface area contributed by atoms with Gasteiger partial charge in [0.2, 0.25) is 27.6 Å². The number of carbonyl (C=O) groups is 1. The molecule has 0 bridgehead atoms. The van der Waals surface area contributed by atoms with E-state index in [1.54, 1.807) is 43.4 Å². The van der Waals surface area contributed by atoms with Crippen molar-refractivity contribution in [1.29, 1.82) is 0 Å². The Labute approximate surface area is 190 Å². The second kappa shape index (κ2) is 9.82. The van der Waals surface area contributed by atoms with Crippen molar-refractivity contribution in [3.05, 3.63) is 59.4 Å². The Bertz CT molecular complexity index is 1170. The molecular weight excluding hydrogens is 460 g/mol. The van der Waals surface area contributed by atoms with E-state index in [4.69, 9.17) is 16.1 Å². The van der Waals surface area contributed by atoms with Crippen molar-refractivity contribution < 1.29 is 17.7 Å². The number of carbonyl (C=O) groups excluding carboxylic acids is 1. The maximum atomic E-state index is 12.7. The van der Waals surface area contributed by atoms with Crippen LogP contribution in [0, 0.1) is 0 Å². The summed E-state index contributed by atoms with van der Waals surface area (Å²) < 4.78 is 31.7. The van der Waals surface area contributed by atoms with Gasteiger partial charge in [-0.3, -0.25) is 4.79 Å². The number of sulfonamides is 1. The Morgan fingerprint density at radius 1 is 1.16 bits per heavy atom. The fourth-order valence-corrected chi connectivity index (χ4v) is 4.40. The van der Waals surface area contributed by atoms with Crippen molar-refractivity contribution in [3.63, 3.8) is 0 Å². The zero-order chi connectivity index (χ0) is 22.6. The lowest BCUT2D eigenvalue weighted by Crippen LogP contribution is -2.39. The number of rotatable bonds is 8. The highest BCUT2D eigenvalue weighted by molar-refractivity contribution is 7.98. The molecule has 0 spiro atoms. The highest BCUT2D eigenvalue weighted by Gasteiger charge is 2.25. The molecule has 2 aromatic carbocycles. The highest BCUT2D eigenvalue weighted by atomic mass is 35.5. The number of hydrogen-bond acceptors (Lipinski definition) is 7. The lowest BCUT2D eigenvalue weighted by atomic mass is 10.2. The molecule has 1 aromatic heterocycles. The van der Waals surface area contributed by atoms with Gasteiger partial charge in [-0.2, -0.15) is 9.29 Å². The summed E-state index contributed by atoms with van der Waals surface area (Å²) in [6, 6.07) is 13.5. The van der Waals surface area contributed by atoms with Gasteiger partial charge in [0.1, 0.15) is 0 Å². The first kappa shape index (κ1) is 23.3. The molecule has 0 aliphatic rings. The highest BCUT2D eigenvalue weighted by Crippen LogP contribution is 2.21. The Hall–Kier alpha value is -2.40. The van der Waals surface area contributed by atoms with Crippen LogP contribution in [-0.2, 0) is 21.4 Å². The molecule has 8 nitrogen and oxygen atoms in total. The molecule has 1 heterocycles. The van der Waals surface area contributed by atoms with Gasteiger partial charge in [0.05, 0.1) is 18.0 Å². The molecule has 1 amide bonds. The van der Waals surface area contributed by atoms with E-state index in [0.29, 0.717) is 16.4 Å². The summed E-state index contributed by atoms with van der Waals surface area (Å²) in [6.07, 6.45) is 1.91. The number of thioether (sulfide) groups is 1. The van der Waals surface area contributed by atoms with Crippen molar-refractivity contribution >= 4 is 39.3 Å². The Morgan fingerprint density at radius 2 is 1.87 bits per heavy atom. The van der Waals surface area contributed by atoms with E-state index in [1.165, 1.54) is 35.8 Å². The number of nitrogens with zero attached hydrogens (tertiary/aromatic N) is 4. The maximum absolute atomic E-state index is 12.7. The van der Waals surface area contributed by atoms with Crippen LogP contribution in [0.4, 0.5) is 0 Å². The van der Waals surface area contributed by atoms with Crippen molar-refractivity contribution in [2.75, 3.05) is 26.9 Å². The van der Waals surface area contributed by atoms with Crippen LogP contribution in [0.5, 0.6) is 0 Å². The molecule has 0 saturated carbocycles. The molecule has 0 saturated heterocycles. The fraction of sp³-hybridized carbons (Fsp3) is 0.250. The zero-order valence-corrected chi connectivity index (χ0v) is 19.5. The van der Waals surface area contributed by atoms with E-state index in [-0.39, 0.29) is 23.9 Å². The normalized spacial score (nSPS) is 11.6. The standard InChI is InChI=1S/C20H21ClN4O4S2/c1-24(12-18-22-20(23-29-18)14-5-4-6-15(21)11-14)19(26)13-25(2)31(27,28)17-9-7-16(30-3)8-10-17/h4-11H,12-13H2,1-3H3. The summed E-state index contributed by atoms with van der Waals surface area (Å²) in [7, 11) is -0.879. The zero-order valence-electron chi connectivity index (χ0n) is 17.1. The summed E-state index contributed by atoms with van der Waals surface area (Å²) in [5.41, 5.74) is 0.690. The second-order valence-corrected chi connectivity index (χ2v) is 10.1. The van der Waals surface area contributed by atoms with Gasteiger partial charge >= 0.3 is 0 Å². The Kier molecular flexibility index (Phi) is 7.37. The van der Waals surface area contributed by atoms with E-state index in [9.17, 15) is 13.2 Å². The van der Waals surface area contributed by atoms with E-state index >= 15 is 0 Å². The average molecular weight is 481 g/mol. The maximum Gasteiger partial charge on any atom is 0.246 e. The molecule has 3 aromatic rings. The van der Waals surface area contributed by atoms with Gasteiger partial charge in [0.15, 0.2) is 0 Å². The number of amides is 1. The number of hydrogen-bond donors (Lipinski definition) is 0. The number of halogens is 1. The molecule has 0 fully saturated rings. The molecule has 0 aliphatic heterocycles. The van der Waals surface area contributed by atoms with Crippen LogP contribution in [0.15, 0.2) is 62.8 Å². The first-order valence-electron chi connectivity index (χ1n) is 9.13. The molecule has 0 unspecified atom stereocenters. The van der Waals surface area contributed by atoms with E-state index < -0.39 is 15.9 Å². The van der Waals surface area contributed by atoms with Crippen molar-refractivity contribution in [1.82, 2.24) is 19.3 Å². The first-order chi connectivity index (χ1) is 14.7. The van der Waals surface area contributed by atoms with Gasteiger partial charge in [-0.25, -0.2) is 8.42 Å². The van der Waals surface area contributed by atoms with Gasteiger partial charge in [-0.15, -0.1) is 11.8 Å². The van der Waals surface area contributed by atoms with Crippen molar-refractivity contribution in [2.24, 2.45) is 0 Å². The monoisotopic (exact) mass is 480 g/mol. The lowest BCUT2D eigenvalue weighted by molar-refractivity contribution is -0.130. The molecule has 11 heteroatoms. The van der Waals surface area contributed by atoms with Crippen LogP contribution in [0.1, 0.15) is 5.89 Å². The van der Waals surface area contributed by atoms with Gasteiger partial charge in [0, 0.05) is 29.6 Å². The number of benzene rings is 2. The van der Waals surface area contributed by atoms with Crippen LogP contribution in [0.3, 0.4) is 0 Å². The predicted octanol–water partition coefficient (Wildman–Crippen LogP) is 3.39. The molecule has 3 rings (SSSR count). The fourth-order valence-electron chi connectivity index (χ4n) is 2.68. The van der Waals surface area contributed by atoms with E-state index in [2.05, 4.69) is 10.1 Å². The second-order valence-electron chi connectivity index (χ2n) is 6.71. The average Bonchev–Trinajstić information content (AvgIpc) is 3.22. The smallest absolute Gasteiger partial charge is 0.246 e. The molecule has 0 radical (unpaired) electrons. The molecule has 0 aliphatic carbocycles. The summed E-state index contributed by atoms with van der Waals surface area (Å²) in [4.78, 5) is 19.3. The van der Waals surface area contributed by atoms with Crippen LogP contribution < -0.4 is 0 Å². The first-order valence-corrected chi connectivity index (χ1v) is 12.2. The Balaban J connectivity index is 1.63. The van der Waals surface area contributed by atoms with Crippen LogP contribution in [0.2, 0.25) is 5.02 Å². The Morgan fingerprint density at radius 3 is 2.52 bits per heavy atom. The van der Waals surface area contributed by atoms with Crippen LogP contribution >= 0.6 is 23.4 Å². The third kappa shape index (κ3) is 5.65. The van der Waals surface area contributed by atoms with Crippen molar-refractivity contribution in [3.8, 4) is 11.4 Å². The molecular formula is C20H21ClN4O4S2. The summed E-state index contributed by atoms with van der Waals surface area (Å²) in [6.45, 7) is -0.277. The minimum atomic E-state index is -3.79. The van der Waals surface area contributed by atoms with Gasteiger partial charge in [-0.1, -0.05) is 28.9 Å². The third-order valence-electron chi connectivity index (χ3n) is 4.47.